The zero-order valence-corrected chi connectivity index (χ0v) is 38.6. The summed E-state index contributed by atoms with van der Waals surface area (Å²) in [6, 6.07) is 12.0. The number of hydrogen-bond acceptors (Lipinski definition) is 15. The summed E-state index contributed by atoms with van der Waals surface area (Å²) in [7, 11) is 2.85. The van der Waals surface area contributed by atoms with E-state index in [1.165, 1.54) is 33.2 Å². The largest absolute Gasteiger partial charge is 0.511 e. The summed E-state index contributed by atoms with van der Waals surface area (Å²) in [6.07, 6.45) is 9.23. The van der Waals surface area contributed by atoms with Crippen molar-refractivity contribution < 1.29 is 54.5 Å². The highest BCUT2D eigenvalue weighted by Gasteiger charge is 2.77. The van der Waals surface area contributed by atoms with Gasteiger partial charge in [-0.1, -0.05) is 82.6 Å². The van der Waals surface area contributed by atoms with Crippen LogP contribution in [0.2, 0.25) is 0 Å². The summed E-state index contributed by atoms with van der Waals surface area (Å²) in [5, 5.41) is 79.8. The number of nitrogens with one attached hydrogen (secondary N) is 2. The van der Waals surface area contributed by atoms with Crippen molar-refractivity contribution >= 4 is 39.4 Å². The van der Waals surface area contributed by atoms with Gasteiger partial charge >= 0.3 is 0 Å². The molecule has 1 saturated heterocycles. The molecule has 3 spiro atoms. The number of aldehydes is 1. The number of allylic oxidation sites excluding steroid dienone is 6. The van der Waals surface area contributed by atoms with Gasteiger partial charge in [0.1, 0.15) is 52.4 Å². The third-order valence-electron chi connectivity index (χ3n) is 18.2. The summed E-state index contributed by atoms with van der Waals surface area (Å²) >= 11 is 0. The van der Waals surface area contributed by atoms with Crippen molar-refractivity contribution in [3.05, 3.63) is 123 Å². The second-order valence-electron chi connectivity index (χ2n) is 20.8. The van der Waals surface area contributed by atoms with E-state index in [-0.39, 0.29) is 58.2 Å². The number of ketones is 2. The summed E-state index contributed by atoms with van der Waals surface area (Å²) < 4.78 is 13.0. The first-order valence-corrected chi connectivity index (χ1v) is 26.3. The van der Waals surface area contributed by atoms with Gasteiger partial charge in [-0.2, -0.15) is 0 Å². The predicted octanol–water partition coefficient (Wildman–Crippen LogP) is 5.14. The predicted molar refractivity (Wildman–Crippen MR) is 249 cm³/mol. The molecule has 2 aromatic carbocycles. The molecule has 0 radical (unpaired) electrons. The number of dihydropyridines is 1. The minimum atomic E-state index is -2.38. The van der Waals surface area contributed by atoms with Crippen LogP contribution in [0.5, 0.6) is 5.75 Å². The number of Topliss-reactive ketones (excluding diaryl/α,β-unsaturated/α-hetero) is 2. The number of benzene rings is 2. The third kappa shape index (κ3) is 5.77. The lowest BCUT2D eigenvalue weighted by Gasteiger charge is -2.65. The molecule has 13 nitrogen and oxygen atoms in total. The lowest BCUT2D eigenvalue weighted by molar-refractivity contribution is -0.358. The Morgan fingerprint density at radius 2 is 1.82 bits per heavy atom. The number of ether oxygens (including phenoxy) is 2. The minimum absolute atomic E-state index is 0.00528. The SMILES string of the molecule is O=C[C@@H]1CCC[C@]12C[C@H]1CCC3=C4C5=C(NCSSC[C@]67C(=O)c8c(cccc8C(=O)[C@H]6C=C(Cc6cccc(CO)c6)C=C7O)O[C@@H]6O[C@@]7(CO)C=C[C@H]([C@@](O)([C@H]6O)[C@@H]7O)[C@@]41[C@H]2CC5)NC3. The maximum atomic E-state index is 15.5. The van der Waals surface area contributed by atoms with E-state index < -0.39 is 70.5 Å². The molecule has 7 aliphatic carbocycles. The van der Waals surface area contributed by atoms with E-state index in [1.54, 1.807) is 30.4 Å². The summed E-state index contributed by atoms with van der Waals surface area (Å²) in [5.41, 5.74) is -1.57. The van der Waals surface area contributed by atoms with Crippen LogP contribution in [-0.2, 0) is 22.6 Å². The van der Waals surface area contributed by atoms with Crippen molar-refractivity contribution in [2.75, 3.05) is 24.8 Å². The van der Waals surface area contributed by atoms with Crippen molar-refractivity contribution in [2.45, 2.75) is 94.1 Å². The average molecular weight is 949 g/mol. The first-order valence-electron chi connectivity index (χ1n) is 23.8. The van der Waals surface area contributed by atoms with Crippen molar-refractivity contribution in [3.8, 4) is 5.75 Å². The zero-order valence-electron chi connectivity index (χ0n) is 37.0. The number of hydrogen-bond donors (Lipinski definition) is 8. The van der Waals surface area contributed by atoms with Crippen LogP contribution < -0.4 is 15.4 Å². The Labute approximate surface area is 396 Å². The van der Waals surface area contributed by atoms with E-state index >= 15 is 4.79 Å². The number of aliphatic hydroxyl groups is 6. The van der Waals surface area contributed by atoms with Crippen LogP contribution in [0, 0.1) is 45.8 Å². The second-order valence-corrected chi connectivity index (χ2v) is 23.2. The number of carbonyl (C=O) groups excluding carboxylic acids is 3. The highest BCUT2D eigenvalue weighted by Crippen LogP contribution is 2.78. The Kier molecular flexibility index (Phi) is 10.3. The van der Waals surface area contributed by atoms with Crippen LogP contribution in [-0.4, -0.2) is 103 Å². The van der Waals surface area contributed by atoms with Gasteiger partial charge in [-0.05, 0) is 114 Å². The first-order chi connectivity index (χ1) is 32.4. The standard InChI is InChI=1S/C52H56N2O11S2/c55-22-28-5-1-4-27(16-28)17-29-18-35-42(59)33-7-2-8-36-40(33)43(60)50(35,39(58)19-29)25-66-67-26-54-45-34-11-12-37-48(14-3-6-32(48)23-56)20-31-10-9-30(21-53-45)41(34)51(31,37)38-13-15-49(24-57)47(62)52(38,63)44(61)46(64-36)65-49/h1-2,4-5,7-8,13,15-16,18-19,23,31-32,35,37-38,44,46-47,53-55,57-58,61-63H,3,6,9-12,14,17,20-22,24-26H2/t31-,32+,35-,37+,38+,44+,46-,47-,48+,49-,50+,51-,52-/m1/s1. The van der Waals surface area contributed by atoms with E-state index in [2.05, 4.69) is 10.6 Å². The van der Waals surface area contributed by atoms with Gasteiger partial charge in [-0.3, -0.25) is 9.59 Å². The molecular formula is C52H56N2O11S2. The number of aliphatic hydroxyl groups excluding tert-OH is 5. The monoisotopic (exact) mass is 948 g/mol. The highest BCUT2D eigenvalue weighted by atomic mass is 33.1. The Balaban J connectivity index is 1.02. The van der Waals surface area contributed by atoms with Crippen LogP contribution in [0.3, 0.4) is 0 Å². The topological polar surface area (TPSA) is 215 Å². The fourth-order valence-electron chi connectivity index (χ4n) is 15.5. The fraction of sp³-hybridized carbons (Fsp3) is 0.519. The van der Waals surface area contributed by atoms with E-state index in [1.807, 2.05) is 30.3 Å². The molecule has 3 heterocycles. The molecule has 10 aliphatic rings. The molecule has 0 unspecified atom stereocenters. The van der Waals surface area contributed by atoms with Crippen LogP contribution >= 0.6 is 21.6 Å². The third-order valence-corrected chi connectivity index (χ3v) is 20.4. The maximum absolute atomic E-state index is 15.5. The van der Waals surface area contributed by atoms with Gasteiger partial charge in [-0.15, -0.1) is 0 Å². The number of rotatable bonds is 5. The molecule has 8 N–H and O–H groups in total. The molecule has 67 heavy (non-hydrogen) atoms. The maximum Gasteiger partial charge on any atom is 0.230 e. The van der Waals surface area contributed by atoms with Crippen molar-refractivity contribution in [3.63, 3.8) is 0 Å². The second kappa shape index (κ2) is 15.7. The fourth-order valence-corrected chi connectivity index (χ4v) is 17.8. The summed E-state index contributed by atoms with van der Waals surface area (Å²) in [6.45, 7) is -0.364. The molecule has 15 heteroatoms. The van der Waals surface area contributed by atoms with E-state index in [9.17, 15) is 40.2 Å². The molecule has 4 fully saturated rings. The molecule has 13 atom stereocenters. The molecule has 12 rings (SSSR count). The number of carbonyl (C=O) groups is 3. The molecular weight excluding hydrogens is 893 g/mol. The lowest BCUT2D eigenvalue weighted by Crippen LogP contribution is -2.79. The van der Waals surface area contributed by atoms with Gasteiger partial charge in [0.2, 0.25) is 6.29 Å². The van der Waals surface area contributed by atoms with Crippen LogP contribution in [0.25, 0.3) is 0 Å². The van der Waals surface area contributed by atoms with Crippen LogP contribution in [0.4, 0.5) is 0 Å². The summed E-state index contributed by atoms with van der Waals surface area (Å²) in [5.74, 6) is -2.31. The molecule has 3 aliphatic heterocycles. The van der Waals surface area contributed by atoms with Crippen LogP contribution in [0.15, 0.2) is 101 Å². The Morgan fingerprint density at radius 3 is 2.64 bits per heavy atom. The van der Waals surface area contributed by atoms with Gasteiger partial charge in [0, 0.05) is 35.1 Å². The van der Waals surface area contributed by atoms with Crippen molar-refractivity contribution in [2.24, 2.45) is 45.8 Å². The molecule has 9 bridgehead atoms. The molecule has 0 aromatic heterocycles. The Morgan fingerprint density at radius 1 is 0.985 bits per heavy atom. The van der Waals surface area contributed by atoms with Crippen LogP contribution in [0.1, 0.15) is 83.2 Å². The first kappa shape index (κ1) is 44.0. The highest BCUT2D eigenvalue weighted by molar-refractivity contribution is 8.76. The molecule has 0 amide bonds. The van der Waals surface area contributed by atoms with Gasteiger partial charge < -0.3 is 55.5 Å². The van der Waals surface area contributed by atoms with Gasteiger partial charge in [0.25, 0.3) is 0 Å². The Hall–Kier alpha value is -4.19. The number of fused-ring (bicyclic) bond motifs is 3. The Bertz CT molecular complexity index is 2660. The molecule has 3 saturated carbocycles. The van der Waals surface area contributed by atoms with E-state index in [4.69, 9.17) is 9.47 Å². The summed E-state index contributed by atoms with van der Waals surface area (Å²) in [4.78, 5) is 43.6. The van der Waals surface area contributed by atoms with Crippen molar-refractivity contribution in [1.82, 2.24) is 10.6 Å². The van der Waals surface area contributed by atoms with Gasteiger partial charge in [0.05, 0.1) is 30.6 Å². The average Bonchev–Trinajstić information content (AvgIpc) is 3.88. The molecule has 352 valence electrons. The van der Waals surface area contributed by atoms with Gasteiger partial charge in [0.15, 0.2) is 11.6 Å². The minimum Gasteiger partial charge on any atom is -0.511 e. The zero-order chi connectivity index (χ0) is 46.3. The van der Waals surface area contributed by atoms with Gasteiger partial charge in [-0.25, -0.2) is 0 Å². The molecule has 2 aromatic rings. The smallest absolute Gasteiger partial charge is 0.230 e. The quantitative estimate of drug-likeness (QED) is 0.111. The van der Waals surface area contributed by atoms with Crippen molar-refractivity contribution in [1.29, 1.82) is 0 Å². The lowest BCUT2D eigenvalue weighted by atomic mass is 9.43. The normalized spacial score (nSPS) is 41.4. The van der Waals surface area contributed by atoms with E-state index in [0.29, 0.717) is 30.8 Å². The van der Waals surface area contributed by atoms with E-state index in [0.717, 1.165) is 79.3 Å².